The maximum atomic E-state index is 6.12. The number of halogens is 1. The Kier molecular flexibility index (Phi) is 4.85. The first-order chi connectivity index (χ1) is 9.41. The summed E-state index contributed by atoms with van der Waals surface area (Å²) in [4.78, 5) is 0. The zero-order valence-electron chi connectivity index (χ0n) is 13.0. The fourth-order valence-electron chi connectivity index (χ4n) is 3.26. The Balaban J connectivity index is 2.11. The highest BCUT2D eigenvalue weighted by Gasteiger charge is 2.32. The molecule has 112 valence electrons. The molecule has 2 rings (SSSR count). The lowest BCUT2D eigenvalue weighted by Crippen LogP contribution is -2.36. The summed E-state index contributed by atoms with van der Waals surface area (Å²) in [5.74, 6) is 1.56. The van der Waals surface area contributed by atoms with Crippen molar-refractivity contribution in [3.05, 3.63) is 23.2 Å². The number of hydrogen-bond acceptors (Lipinski definition) is 2. The molecule has 2 nitrogen and oxygen atoms in total. The summed E-state index contributed by atoms with van der Waals surface area (Å²) < 4.78 is 5.69. The Hall–Kier alpha value is -0.890. The van der Waals surface area contributed by atoms with Gasteiger partial charge < -0.3 is 10.1 Å². The lowest BCUT2D eigenvalue weighted by atomic mass is 9.70. The fourth-order valence-corrected chi connectivity index (χ4v) is 3.43. The van der Waals surface area contributed by atoms with E-state index in [1.54, 1.807) is 0 Å². The highest BCUT2D eigenvalue weighted by molar-refractivity contribution is 6.30. The minimum Gasteiger partial charge on any atom is -0.492 e. The van der Waals surface area contributed by atoms with Gasteiger partial charge in [-0.05, 0) is 55.7 Å². The third kappa shape index (κ3) is 3.82. The molecule has 0 bridgehead atoms. The van der Waals surface area contributed by atoms with Crippen molar-refractivity contribution in [2.24, 2.45) is 11.3 Å². The van der Waals surface area contributed by atoms with E-state index in [2.05, 4.69) is 26.1 Å². The van der Waals surface area contributed by atoms with Gasteiger partial charge in [-0.1, -0.05) is 32.4 Å². The molecule has 2 unspecified atom stereocenters. The maximum Gasteiger partial charge on any atom is 0.142 e. The van der Waals surface area contributed by atoms with Crippen LogP contribution < -0.4 is 10.1 Å². The number of ether oxygens (including phenoxy) is 1. The lowest BCUT2D eigenvalue weighted by molar-refractivity contribution is 0.177. The van der Waals surface area contributed by atoms with Crippen molar-refractivity contribution in [1.29, 1.82) is 0 Å². The molecule has 0 heterocycles. The summed E-state index contributed by atoms with van der Waals surface area (Å²) >= 11 is 6.12. The lowest BCUT2D eigenvalue weighted by Gasteiger charge is -2.40. The van der Waals surface area contributed by atoms with Crippen LogP contribution in [0.1, 0.15) is 47.0 Å². The Bertz CT molecular complexity index is 458. The molecule has 1 aromatic rings. The SMILES string of the molecule is CCOc1ccc(Cl)cc1NC1CCC(C)(C)CC1C. The highest BCUT2D eigenvalue weighted by atomic mass is 35.5. The molecule has 3 heteroatoms. The summed E-state index contributed by atoms with van der Waals surface area (Å²) in [6, 6.07) is 6.30. The number of benzene rings is 1. The minimum atomic E-state index is 0.467. The van der Waals surface area contributed by atoms with Gasteiger partial charge in [-0.25, -0.2) is 0 Å². The van der Waals surface area contributed by atoms with Crippen molar-refractivity contribution in [1.82, 2.24) is 0 Å². The van der Waals surface area contributed by atoms with E-state index >= 15 is 0 Å². The van der Waals surface area contributed by atoms with Crippen molar-refractivity contribution < 1.29 is 4.74 Å². The molecule has 0 spiro atoms. The summed E-state index contributed by atoms with van der Waals surface area (Å²) in [6.45, 7) is 9.74. The third-order valence-electron chi connectivity index (χ3n) is 4.28. The third-order valence-corrected chi connectivity index (χ3v) is 4.51. The van der Waals surface area contributed by atoms with E-state index in [1.807, 2.05) is 25.1 Å². The van der Waals surface area contributed by atoms with Crippen molar-refractivity contribution in [2.75, 3.05) is 11.9 Å². The van der Waals surface area contributed by atoms with Crippen LogP contribution in [0.5, 0.6) is 5.75 Å². The van der Waals surface area contributed by atoms with Crippen molar-refractivity contribution in [3.8, 4) is 5.75 Å². The fraction of sp³-hybridized carbons (Fsp3) is 0.647. The van der Waals surface area contributed by atoms with E-state index in [9.17, 15) is 0 Å². The highest BCUT2D eigenvalue weighted by Crippen LogP contribution is 2.40. The van der Waals surface area contributed by atoms with Crippen molar-refractivity contribution >= 4 is 17.3 Å². The minimum absolute atomic E-state index is 0.467. The van der Waals surface area contributed by atoms with Crippen molar-refractivity contribution in [2.45, 2.75) is 53.0 Å². The molecule has 1 aromatic carbocycles. The molecule has 0 radical (unpaired) electrons. The van der Waals surface area contributed by atoms with E-state index < -0.39 is 0 Å². The molecule has 0 saturated heterocycles. The average Bonchev–Trinajstić information content (AvgIpc) is 2.35. The summed E-state index contributed by atoms with van der Waals surface area (Å²) in [7, 11) is 0. The number of rotatable bonds is 4. The second-order valence-corrected chi connectivity index (χ2v) is 7.15. The Morgan fingerprint density at radius 1 is 1.40 bits per heavy atom. The van der Waals surface area contributed by atoms with Gasteiger partial charge in [0.2, 0.25) is 0 Å². The predicted molar refractivity (Wildman–Crippen MR) is 86.8 cm³/mol. The first-order valence-corrected chi connectivity index (χ1v) is 7.98. The molecule has 1 saturated carbocycles. The van der Waals surface area contributed by atoms with Crippen LogP contribution in [-0.2, 0) is 0 Å². The quantitative estimate of drug-likeness (QED) is 0.807. The van der Waals surface area contributed by atoms with E-state index in [-0.39, 0.29) is 0 Å². The molecular formula is C17H26ClNO. The number of hydrogen-bond donors (Lipinski definition) is 1. The largest absolute Gasteiger partial charge is 0.492 e. The predicted octanol–water partition coefficient (Wildman–Crippen LogP) is 5.37. The molecular weight excluding hydrogens is 270 g/mol. The van der Waals surface area contributed by atoms with Gasteiger partial charge in [-0.3, -0.25) is 0 Å². The number of anilines is 1. The van der Waals surface area contributed by atoms with E-state index in [4.69, 9.17) is 16.3 Å². The van der Waals surface area contributed by atoms with E-state index in [1.165, 1.54) is 19.3 Å². The van der Waals surface area contributed by atoms with E-state index in [0.29, 0.717) is 24.0 Å². The standard InChI is InChI=1S/C17H26ClNO/c1-5-20-16-7-6-13(18)10-15(16)19-14-8-9-17(3,4)11-12(14)2/h6-7,10,12,14,19H,5,8-9,11H2,1-4H3. The molecule has 0 aliphatic heterocycles. The summed E-state index contributed by atoms with van der Waals surface area (Å²) in [5, 5.41) is 4.40. The molecule has 1 fully saturated rings. The zero-order valence-corrected chi connectivity index (χ0v) is 13.8. The van der Waals surface area contributed by atoms with Gasteiger partial charge in [-0.2, -0.15) is 0 Å². The first kappa shape index (κ1) is 15.5. The molecule has 2 atom stereocenters. The van der Waals surface area contributed by atoms with Crippen LogP contribution in [0.15, 0.2) is 18.2 Å². The monoisotopic (exact) mass is 295 g/mol. The molecule has 0 aromatic heterocycles. The van der Waals surface area contributed by atoms with Gasteiger partial charge in [0.25, 0.3) is 0 Å². The van der Waals surface area contributed by atoms with Gasteiger partial charge in [0, 0.05) is 11.1 Å². The molecule has 0 amide bonds. The average molecular weight is 296 g/mol. The molecule has 1 N–H and O–H groups in total. The normalized spacial score (nSPS) is 25.2. The van der Waals surface area contributed by atoms with Gasteiger partial charge in [0.1, 0.15) is 5.75 Å². The molecule has 1 aliphatic rings. The zero-order chi connectivity index (χ0) is 14.8. The van der Waals surface area contributed by atoms with Crippen LogP contribution in [0.2, 0.25) is 5.02 Å². The number of nitrogens with one attached hydrogen (secondary N) is 1. The van der Waals surface area contributed by atoms with Crippen LogP contribution in [0.4, 0.5) is 5.69 Å². The van der Waals surface area contributed by atoms with Gasteiger partial charge in [0.15, 0.2) is 0 Å². The van der Waals surface area contributed by atoms with Crippen LogP contribution in [0, 0.1) is 11.3 Å². The Labute approximate surface area is 127 Å². The van der Waals surface area contributed by atoms with Gasteiger partial charge in [0.05, 0.1) is 12.3 Å². The second kappa shape index (κ2) is 6.26. The summed E-state index contributed by atoms with van der Waals surface area (Å²) in [6.07, 6.45) is 3.72. The second-order valence-electron chi connectivity index (χ2n) is 6.71. The van der Waals surface area contributed by atoms with Crippen LogP contribution in [0.3, 0.4) is 0 Å². The van der Waals surface area contributed by atoms with E-state index in [0.717, 1.165) is 16.5 Å². The maximum absolute atomic E-state index is 6.12. The molecule has 1 aliphatic carbocycles. The topological polar surface area (TPSA) is 21.3 Å². The van der Waals surface area contributed by atoms with Crippen LogP contribution in [-0.4, -0.2) is 12.6 Å². The first-order valence-electron chi connectivity index (χ1n) is 7.60. The van der Waals surface area contributed by atoms with Gasteiger partial charge >= 0.3 is 0 Å². The Morgan fingerprint density at radius 3 is 2.80 bits per heavy atom. The summed E-state index contributed by atoms with van der Waals surface area (Å²) in [5.41, 5.74) is 1.49. The van der Waals surface area contributed by atoms with Crippen LogP contribution >= 0.6 is 11.6 Å². The van der Waals surface area contributed by atoms with Crippen molar-refractivity contribution in [3.63, 3.8) is 0 Å². The smallest absolute Gasteiger partial charge is 0.142 e. The van der Waals surface area contributed by atoms with Gasteiger partial charge in [-0.15, -0.1) is 0 Å². The molecule has 20 heavy (non-hydrogen) atoms. The van der Waals surface area contributed by atoms with Crippen LogP contribution in [0.25, 0.3) is 0 Å². The Morgan fingerprint density at radius 2 is 2.15 bits per heavy atom.